The second-order valence-electron chi connectivity index (χ2n) is 6.37. The second-order valence-corrected chi connectivity index (χ2v) is 6.37. The summed E-state index contributed by atoms with van der Waals surface area (Å²) in [6.45, 7) is 1.89. The SMILES string of the molecule is Cc1cc(ON)ccc1C1C(=O)C2C3C=CC(C3)C2C1=O. The van der Waals surface area contributed by atoms with E-state index >= 15 is 0 Å². The van der Waals surface area contributed by atoms with Crippen LogP contribution in [0.4, 0.5) is 0 Å². The fourth-order valence-electron chi connectivity index (χ4n) is 4.48. The topological polar surface area (TPSA) is 69.4 Å². The standard InChI is InChI=1S/C17H17NO3/c1-8-6-11(21-18)4-5-12(8)15-16(19)13-9-2-3-10(7-9)14(13)17(15)20/h2-6,9-10,13-15H,7,18H2,1H3. The van der Waals surface area contributed by atoms with Crippen molar-refractivity contribution in [2.45, 2.75) is 19.3 Å². The lowest BCUT2D eigenvalue weighted by Crippen LogP contribution is -2.21. The van der Waals surface area contributed by atoms with Crippen LogP contribution >= 0.6 is 0 Å². The number of carbonyl (C=O) groups excluding carboxylic acids is 2. The average molecular weight is 283 g/mol. The molecule has 3 aliphatic carbocycles. The van der Waals surface area contributed by atoms with Gasteiger partial charge in [-0.1, -0.05) is 18.2 Å². The van der Waals surface area contributed by atoms with Crippen LogP contribution in [-0.4, -0.2) is 11.6 Å². The highest BCUT2D eigenvalue weighted by atomic mass is 16.6. The Kier molecular flexibility index (Phi) is 2.60. The van der Waals surface area contributed by atoms with E-state index in [2.05, 4.69) is 12.2 Å². The van der Waals surface area contributed by atoms with Crippen molar-refractivity contribution >= 4 is 11.6 Å². The van der Waals surface area contributed by atoms with Gasteiger partial charge in [0, 0.05) is 11.8 Å². The van der Waals surface area contributed by atoms with E-state index in [1.807, 2.05) is 6.92 Å². The van der Waals surface area contributed by atoms with Crippen molar-refractivity contribution in [2.24, 2.45) is 29.6 Å². The second kappa shape index (κ2) is 4.28. The van der Waals surface area contributed by atoms with Crippen molar-refractivity contribution in [1.82, 2.24) is 0 Å². The Morgan fingerprint density at radius 2 is 1.71 bits per heavy atom. The highest BCUT2D eigenvalue weighted by Crippen LogP contribution is 2.55. The summed E-state index contributed by atoms with van der Waals surface area (Å²) < 4.78 is 0. The lowest BCUT2D eigenvalue weighted by Gasteiger charge is -2.16. The quantitative estimate of drug-likeness (QED) is 0.511. The summed E-state index contributed by atoms with van der Waals surface area (Å²) in [7, 11) is 0. The molecule has 2 fully saturated rings. The molecule has 21 heavy (non-hydrogen) atoms. The van der Waals surface area contributed by atoms with Crippen LogP contribution in [0.25, 0.3) is 0 Å². The molecule has 3 aliphatic rings. The molecule has 0 spiro atoms. The van der Waals surface area contributed by atoms with E-state index < -0.39 is 5.92 Å². The molecule has 4 heteroatoms. The molecule has 2 N–H and O–H groups in total. The summed E-state index contributed by atoms with van der Waals surface area (Å²) in [5, 5.41) is 0. The molecule has 2 bridgehead atoms. The number of rotatable bonds is 2. The van der Waals surface area contributed by atoms with Crippen molar-refractivity contribution in [2.75, 3.05) is 0 Å². The van der Waals surface area contributed by atoms with Gasteiger partial charge in [0.1, 0.15) is 11.7 Å². The number of ketones is 2. The molecule has 0 aromatic heterocycles. The maximum absolute atomic E-state index is 12.8. The third-order valence-electron chi connectivity index (χ3n) is 5.37. The molecule has 0 saturated heterocycles. The fourth-order valence-corrected chi connectivity index (χ4v) is 4.48. The Morgan fingerprint density at radius 3 is 2.24 bits per heavy atom. The van der Waals surface area contributed by atoms with E-state index in [-0.39, 0.29) is 35.2 Å². The fraction of sp³-hybridized carbons (Fsp3) is 0.412. The zero-order valence-electron chi connectivity index (χ0n) is 11.8. The Morgan fingerprint density at radius 1 is 1.10 bits per heavy atom. The third-order valence-corrected chi connectivity index (χ3v) is 5.37. The van der Waals surface area contributed by atoms with Gasteiger partial charge in [0.25, 0.3) is 0 Å². The van der Waals surface area contributed by atoms with Gasteiger partial charge in [-0.15, -0.1) is 0 Å². The minimum absolute atomic E-state index is 0.0951. The van der Waals surface area contributed by atoms with Gasteiger partial charge in [-0.25, -0.2) is 0 Å². The maximum Gasteiger partial charge on any atom is 0.152 e. The van der Waals surface area contributed by atoms with Crippen molar-refractivity contribution in [3.05, 3.63) is 41.5 Å². The minimum atomic E-state index is -0.600. The molecule has 108 valence electrons. The molecule has 0 heterocycles. The van der Waals surface area contributed by atoms with Crippen LogP contribution in [0, 0.1) is 30.6 Å². The largest absolute Gasteiger partial charge is 0.412 e. The summed E-state index contributed by atoms with van der Waals surface area (Å²) in [5.74, 6) is 5.65. The van der Waals surface area contributed by atoms with Gasteiger partial charge in [0.15, 0.2) is 11.6 Å². The van der Waals surface area contributed by atoms with Gasteiger partial charge in [-0.3, -0.25) is 9.59 Å². The molecular formula is C17H17NO3. The first-order chi connectivity index (χ1) is 10.1. The first-order valence-electron chi connectivity index (χ1n) is 7.35. The zero-order chi connectivity index (χ0) is 14.7. The van der Waals surface area contributed by atoms with Crippen LogP contribution in [-0.2, 0) is 9.59 Å². The maximum atomic E-state index is 12.8. The van der Waals surface area contributed by atoms with Crippen LogP contribution < -0.4 is 10.7 Å². The summed E-state index contributed by atoms with van der Waals surface area (Å²) in [6, 6.07) is 5.29. The molecule has 2 saturated carbocycles. The predicted octanol–water partition coefficient (Wildman–Crippen LogP) is 1.92. The lowest BCUT2D eigenvalue weighted by atomic mass is 9.85. The van der Waals surface area contributed by atoms with Crippen molar-refractivity contribution in [1.29, 1.82) is 0 Å². The van der Waals surface area contributed by atoms with Crippen molar-refractivity contribution < 1.29 is 14.4 Å². The molecular weight excluding hydrogens is 266 g/mol. The molecule has 4 rings (SSSR count). The number of carbonyl (C=O) groups is 2. The highest BCUT2D eigenvalue weighted by molar-refractivity contribution is 6.17. The smallest absolute Gasteiger partial charge is 0.152 e. The number of hydrogen-bond acceptors (Lipinski definition) is 4. The average Bonchev–Trinajstić information content (AvgIpc) is 3.14. The highest BCUT2D eigenvalue weighted by Gasteiger charge is 2.60. The van der Waals surface area contributed by atoms with Crippen LogP contribution in [0.5, 0.6) is 5.75 Å². The van der Waals surface area contributed by atoms with Crippen LogP contribution in [0.15, 0.2) is 30.4 Å². The summed E-state index contributed by atoms with van der Waals surface area (Å²) in [4.78, 5) is 30.3. The number of nitrogens with two attached hydrogens (primary N) is 1. The van der Waals surface area contributed by atoms with Gasteiger partial charge < -0.3 is 4.84 Å². The van der Waals surface area contributed by atoms with Gasteiger partial charge >= 0.3 is 0 Å². The lowest BCUT2D eigenvalue weighted by molar-refractivity contribution is -0.125. The van der Waals surface area contributed by atoms with E-state index in [0.29, 0.717) is 5.75 Å². The molecule has 1 aromatic carbocycles. The Bertz CT molecular complexity index is 649. The van der Waals surface area contributed by atoms with E-state index in [4.69, 9.17) is 10.7 Å². The first kappa shape index (κ1) is 12.8. The monoisotopic (exact) mass is 283 g/mol. The molecule has 0 amide bonds. The molecule has 4 atom stereocenters. The number of benzene rings is 1. The first-order valence-corrected chi connectivity index (χ1v) is 7.35. The minimum Gasteiger partial charge on any atom is -0.412 e. The van der Waals surface area contributed by atoms with Gasteiger partial charge in [0.2, 0.25) is 0 Å². The Hall–Kier alpha value is -1.94. The van der Waals surface area contributed by atoms with E-state index in [1.54, 1.807) is 18.2 Å². The van der Waals surface area contributed by atoms with Crippen LogP contribution in [0.3, 0.4) is 0 Å². The van der Waals surface area contributed by atoms with Gasteiger partial charge in [-0.2, -0.15) is 5.90 Å². The number of allylic oxidation sites excluding steroid dienone is 2. The zero-order valence-corrected chi connectivity index (χ0v) is 11.8. The molecule has 4 nitrogen and oxygen atoms in total. The third kappa shape index (κ3) is 1.59. The normalized spacial score (nSPS) is 36.4. The summed E-state index contributed by atoms with van der Waals surface area (Å²) in [6.07, 6.45) is 5.22. The number of Topliss-reactive ketones (excluding diaryl/α,β-unsaturated/α-hetero) is 2. The number of aryl methyl sites for hydroxylation is 1. The Labute approximate surface area is 122 Å². The number of fused-ring (bicyclic) bond motifs is 5. The van der Waals surface area contributed by atoms with E-state index in [1.165, 1.54) is 0 Å². The molecule has 0 radical (unpaired) electrons. The van der Waals surface area contributed by atoms with Gasteiger partial charge in [-0.05, 0) is 48.4 Å². The van der Waals surface area contributed by atoms with Crippen LogP contribution in [0.1, 0.15) is 23.5 Å². The summed E-state index contributed by atoms with van der Waals surface area (Å²) >= 11 is 0. The molecule has 1 aromatic rings. The van der Waals surface area contributed by atoms with Crippen LogP contribution in [0.2, 0.25) is 0 Å². The summed E-state index contributed by atoms with van der Waals surface area (Å²) in [5.41, 5.74) is 1.68. The van der Waals surface area contributed by atoms with E-state index in [0.717, 1.165) is 17.5 Å². The predicted molar refractivity (Wildman–Crippen MR) is 76.5 cm³/mol. The molecule has 0 aliphatic heterocycles. The van der Waals surface area contributed by atoms with Crippen molar-refractivity contribution in [3.8, 4) is 5.75 Å². The van der Waals surface area contributed by atoms with Crippen molar-refractivity contribution in [3.63, 3.8) is 0 Å². The number of hydrogen-bond donors (Lipinski definition) is 1. The van der Waals surface area contributed by atoms with Gasteiger partial charge in [0.05, 0.1) is 0 Å². The molecule has 4 unspecified atom stereocenters. The Balaban J connectivity index is 1.74. The van der Waals surface area contributed by atoms with E-state index in [9.17, 15) is 9.59 Å².